The maximum atomic E-state index is 11.5. The molecule has 14 heavy (non-hydrogen) atoms. The van der Waals surface area contributed by atoms with Gasteiger partial charge in [-0.25, -0.2) is 9.36 Å². The summed E-state index contributed by atoms with van der Waals surface area (Å²) in [5, 5.41) is 0. The van der Waals surface area contributed by atoms with Crippen LogP contribution in [0, 0.1) is 0 Å². The number of nitrogens with one attached hydrogen (secondary N) is 1. The van der Waals surface area contributed by atoms with Crippen LogP contribution in [0.1, 0.15) is 43.6 Å². The van der Waals surface area contributed by atoms with Crippen LogP contribution in [-0.4, -0.2) is 15.5 Å². The summed E-state index contributed by atoms with van der Waals surface area (Å²) < 4.78 is 1.18. The molecular formula is C10H16N2O2. The first-order chi connectivity index (χ1) is 6.69. The van der Waals surface area contributed by atoms with Gasteiger partial charge in [-0.05, 0) is 12.8 Å². The van der Waals surface area contributed by atoms with E-state index in [1.165, 1.54) is 4.57 Å². The van der Waals surface area contributed by atoms with Gasteiger partial charge in [0.15, 0.2) is 0 Å². The largest absolute Gasteiger partial charge is 0.332 e. The minimum atomic E-state index is -0.317. The Kier molecular flexibility index (Phi) is 3.68. The number of aromatic amines is 1. The molecule has 0 saturated heterocycles. The molecule has 4 heteroatoms. The standard InChI is InChI=1S/C10H16N2O2/c1-3-5-6-9(13)12-7-8(4-2)11-10(12)14/h7H,3-6H2,1-2H3,(H,11,14). The lowest BCUT2D eigenvalue weighted by atomic mass is 10.2. The van der Waals surface area contributed by atoms with Crippen LogP contribution in [-0.2, 0) is 6.42 Å². The molecule has 0 amide bonds. The van der Waals surface area contributed by atoms with E-state index < -0.39 is 0 Å². The predicted molar refractivity (Wildman–Crippen MR) is 54.6 cm³/mol. The molecule has 1 heterocycles. The van der Waals surface area contributed by atoms with E-state index in [9.17, 15) is 9.59 Å². The van der Waals surface area contributed by atoms with Gasteiger partial charge in [0.1, 0.15) is 0 Å². The molecule has 0 bridgehead atoms. The zero-order valence-corrected chi connectivity index (χ0v) is 8.67. The second kappa shape index (κ2) is 4.79. The Morgan fingerprint density at radius 3 is 2.71 bits per heavy atom. The fraction of sp³-hybridized carbons (Fsp3) is 0.600. The highest BCUT2D eigenvalue weighted by Gasteiger charge is 2.08. The summed E-state index contributed by atoms with van der Waals surface area (Å²) in [6.45, 7) is 3.96. The van der Waals surface area contributed by atoms with Gasteiger partial charge in [-0.2, -0.15) is 0 Å². The zero-order valence-electron chi connectivity index (χ0n) is 8.67. The number of imidazole rings is 1. The van der Waals surface area contributed by atoms with Crippen molar-refractivity contribution in [2.45, 2.75) is 39.5 Å². The van der Waals surface area contributed by atoms with Gasteiger partial charge in [-0.1, -0.05) is 20.3 Å². The smallest absolute Gasteiger partial charge is 0.309 e. The third-order valence-corrected chi connectivity index (χ3v) is 2.17. The van der Waals surface area contributed by atoms with Gasteiger partial charge in [0.2, 0.25) is 5.91 Å². The average Bonchev–Trinajstić information content (AvgIpc) is 2.56. The molecule has 0 atom stereocenters. The molecule has 0 aliphatic heterocycles. The van der Waals surface area contributed by atoms with E-state index >= 15 is 0 Å². The molecule has 0 spiro atoms. The lowest BCUT2D eigenvalue weighted by Crippen LogP contribution is -2.23. The summed E-state index contributed by atoms with van der Waals surface area (Å²) in [4.78, 5) is 25.4. The van der Waals surface area contributed by atoms with E-state index in [-0.39, 0.29) is 11.6 Å². The van der Waals surface area contributed by atoms with Crippen molar-refractivity contribution in [1.82, 2.24) is 9.55 Å². The molecule has 78 valence electrons. The molecule has 1 N–H and O–H groups in total. The molecular weight excluding hydrogens is 180 g/mol. The Labute approximate surface area is 82.9 Å². The van der Waals surface area contributed by atoms with Crippen molar-refractivity contribution < 1.29 is 4.79 Å². The number of aryl methyl sites for hydroxylation is 1. The molecule has 1 aromatic heterocycles. The van der Waals surface area contributed by atoms with Crippen LogP contribution in [0.3, 0.4) is 0 Å². The number of rotatable bonds is 4. The Balaban J connectivity index is 2.79. The Bertz CT molecular complexity index is 362. The van der Waals surface area contributed by atoms with E-state index in [4.69, 9.17) is 0 Å². The average molecular weight is 196 g/mol. The maximum Gasteiger partial charge on any atom is 0.332 e. The van der Waals surface area contributed by atoms with Crippen LogP contribution in [0.2, 0.25) is 0 Å². The molecule has 0 unspecified atom stereocenters. The Hall–Kier alpha value is -1.32. The van der Waals surface area contributed by atoms with E-state index in [1.807, 2.05) is 13.8 Å². The second-order valence-corrected chi connectivity index (χ2v) is 3.31. The monoisotopic (exact) mass is 196 g/mol. The second-order valence-electron chi connectivity index (χ2n) is 3.31. The molecule has 0 aliphatic rings. The van der Waals surface area contributed by atoms with E-state index in [2.05, 4.69) is 4.98 Å². The fourth-order valence-electron chi connectivity index (χ4n) is 1.26. The minimum absolute atomic E-state index is 0.118. The third kappa shape index (κ3) is 2.34. The van der Waals surface area contributed by atoms with Crippen LogP contribution in [0.5, 0.6) is 0 Å². The lowest BCUT2D eigenvalue weighted by molar-refractivity contribution is 0.0895. The van der Waals surface area contributed by atoms with Crippen molar-refractivity contribution in [3.8, 4) is 0 Å². The summed E-state index contributed by atoms with van der Waals surface area (Å²) in [6, 6.07) is 0. The molecule has 0 aromatic carbocycles. The minimum Gasteiger partial charge on any atom is -0.309 e. The quantitative estimate of drug-likeness (QED) is 0.794. The number of aromatic nitrogens is 2. The highest BCUT2D eigenvalue weighted by Crippen LogP contribution is 1.99. The van der Waals surface area contributed by atoms with Crippen LogP contribution in [0.15, 0.2) is 11.0 Å². The van der Waals surface area contributed by atoms with E-state index in [0.29, 0.717) is 6.42 Å². The highest BCUT2D eigenvalue weighted by molar-refractivity contribution is 5.78. The van der Waals surface area contributed by atoms with Gasteiger partial charge in [0, 0.05) is 18.3 Å². The van der Waals surface area contributed by atoms with Gasteiger partial charge < -0.3 is 4.98 Å². The van der Waals surface area contributed by atoms with Crippen LogP contribution < -0.4 is 5.69 Å². The summed E-state index contributed by atoms with van der Waals surface area (Å²) in [5.74, 6) is -0.118. The number of carbonyl (C=O) groups is 1. The Morgan fingerprint density at radius 2 is 2.21 bits per heavy atom. The topological polar surface area (TPSA) is 54.9 Å². The molecule has 0 saturated carbocycles. The zero-order chi connectivity index (χ0) is 10.6. The first kappa shape index (κ1) is 10.8. The number of nitrogens with zero attached hydrogens (tertiary/aromatic N) is 1. The van der Waals surface area contributed by atoms with Gasteiger partial charge in [-0.15, -0.1) is 0 Å². The summed E-state index contributed by atoms with van der Waals surface area (Å²) >= 11 is 0. The highest BCUT2D eigenvalue weighted by atomic mass is 16.2. The number of H-pyrrole nitrogens is 1. The van der Waals surface area contributed by atoms with Crippen molar-refractivity contribution >= 4 is 5.91 Å². The molecule has 0 aliphatic carbocycles. The predicted octanol–water partition coefficient (Wildman–Crippen LogP) is 1.57. The Morgan fingerprint density at radius 1 is 1.50 bits per heavy atom. The summed E-state index contributed by atoms with van der Waals surface area (Å²) in [5.41, 5.74) is 0.489. The lowest BCUT2D eigenvalue weighted by Gasteiger charge is -1.97. The number of hydrogen-bond acceptors (Lipinski definition) is 2. The first-order valence-electron chi connectivity index (χ1n) is 5.02. The van der Waals surface area contributed by atoms with Crippen LogP contribution in [0.4, 0.5) is 0 Å². The SMILES string of the molecule is CCCCC(=O)n1cc(CC)[nH]c1=O. The molecule has 0 fully saturated rings. The number of unbranched alkanes of at least 4 members (excludes halogenated alkanes) is 1. The van der Waals surface area contributed by atoms with Gasteiger partial charge in [-0.3, -0.25) is 4.79 Å². The number of carbonyl (C=O) groups excluding carboxylic acids is 1. The van der Waals surface area contributed by atoms with Crippen molar-refractivity contribution in [1.29, 1.82) is 0 Å². The molecule has 0 radical (unpaired) electrons. The van der Waals surface area contributed by atoms with Crippen molar-refractivity contribution in [3.63, 3.8) is 0 Å². The summed E-state index contributed by atoms with van der Waals surface area (Å²) in [6.07, 6.45) is 4.57. The van der Waals surface area contributed by atoms with Gasteiger partial charge >= 0.3 is 5.69 Å². The van der Waals surface area contributed by atoms with Crippen LogP contribution in [0.25, 0.3) is 0 Å². The molecule has 1 rings (SSSR count). The molecule has 4 nitrogen and oxygen atoms in total. The molecule has 1 aromatic rings. The number of hydrogen-bond donors (Lipinski definition) is 1. The van der Waals surface area contributed by atoms with Crippen molar-refractivity contribution in [2.24, 2.45) is 0 Å². The fourth-order valence-corrected chi connectivity index (χ4v) is 1.26. The van der Waals surface area contributed by atoms with E-state index in [0.717, 1.165) is 25.0 Å². The maximum absolute atomic E-state index is 11.5. The third-order valence-electron chi connectivity index (χ3n) is 2.17. The van der Waals surface area contributed by atoms with Gasteiger partial charge in [0.25, 0.3) is 0 Å². The summed E-state index contributed by atoms with van der Waals surface area (Å²) in [7, 11) is 0. The normalized spacial score (nSPS) is 10.4. The van der Waals surface area contributed by atoms with Crippen molar-refractivity contribution in [3.05, 3.63) is 22.4 Å². The first-order valence-corrected chi connectivity index (χ1v) is 5.02. The van der Waals surface area contributed by atoms with E-state index in [1.54, 1.807) is 6.20 Å². The van der Waals surface area contributed by atoms with Crippen molar-refractivity contribution in [2.75, 3.05) is 0 Å². The van der Waals surface area contributed by atoms with Crippen LogP contribution >= 0.6 is 0 Å². The van der Waals surface area contributed by atoms with Gasteiger partial charge in [0.05, 0.1) is 0 Å².